The third-order valence-electron chi connectivity index (χ3n) is 3.81. The number of nitrogens with zero attached hydrogens (tertiary/aromatic N) is 4. The molecule has 1 atom stereocenters. The second-order valence-corrected chi connectivity index (χ2v) is 6.91. The predicted octanol–water partition coefficient (Wildman–Crippen LogP) is 4.36. The fourth-order valence-corrected chi connectivity index (χ4v) is 2.56. The zero-order valence-corrected chi connectivity index (χ0v) is 15.6. The molecule has 1 N–H and O–H groups in total. The number of hydrogen-bond acceptors (Lipinski definition) is 5. The smallest absolute Gasteiger partial charge is 0.420 e. The van der Waals surface area contributed by atoms with Gasteiger partial charge in [0, 0.05) is 18.9 Å². The van der Waals surface area contributed by atoms with E-state index < -0.39 is 18.0 Å². The molecule has 1 aliphatic carbocycles. The van der Waals surface area contributed by atoms with Gasteiger partial charge in [0.2, 0.25) is 0 Å². The Kier molecular flexibility index (Phi) is 5.95. The van der Waals surface area contributed by atoms with Crippen molar-refractivity contribution in [3.05, 3.63) is 53.0 Å². The van der Waals surface area contributed by atoms with Crippen LogP contribution in [0.1, 0.15) is 24.6 Å². The topological polar surface area (TPSA) is 73.1 Å². The maximum atomic E-state index is 12.9. The average molecular weight is 445 g/mol. The maximum absolute atomic E-state index is 12.9. The third kappa shape index (κ3) is 5.39. The van der Waals surface area contributed by atoms with Crippen molar-refractivity contribution in [2.75, 3.05) is 0 Å². The van der Waals surface area contributed by atoms with E-state index in [0.717, 1.165) is 25.6 Å². The molecule has 0 amide bonds. The molecule has 0 aromatic carbocycles. The van der Waals surface area contributed by atoms with Gasteiger partial charge in [-0.25, -0.2) is 0 Å². The summed E-state index contributed by atoms with van der Waals surface area (Å²) >= 11 is 3.27. The Morgan fingerprint density at radius 1 is 1.26 bits per heavy atom. The van der Waals surface area contributed by atoms with Crippen LogP contribution in [0.3, 0.4) is 0 Å². The van der Waals surface area contributed by atoms with E-state index in [1.54, 1.807) is 23.0 Å². The summed E-state index contributed by atoms with van der Waals surface area (Å²) in [6.07, 6.45) is -1.04. The van der Waals surface area contributed by atoms with Gasteiger partial charge in [-0.2, -0.15) is 13.2 Å². The zero-order valence-electron chi connectivity index (χ0n) is 14.0. The van der Waals surface area contributed by atoms with Gasteiger partial charge >= 0.3 is 6.18 Å². The number of hydrogen-bond donors (Lipinski definition) is 1. The van der Waals surface area contributed by atoms with Crippen molar-refractivity contribution in [3.8, 4) is 11.5 Å². The molecule has 0 radical (unpaired) electrons. The molecule has 6 nitrogen and oxygen atoms in total. The van der Waals surface area contributed by atoms with Gasteiger partial charge < -0.3 is 9.84 Å². The van der Waals surface area contributed by atoms with E-state index in [2.05, 4.69) is 31.2 Å². The van der Waals surface area contributed by atoms with E-state index in [1.165, 1.54) is 18.3 Å². The molecule has 27 heavy (non-hydrogen) atoms. The van der Waals surface area contributed by atoms with Gasteiger partial charge in [0.1, 0.15) is 11.4 Å². The molecule has 1 fully saturated rings. The zero-order chi connectivity index (χ0) is 19.4. The van der Waals surface area contributed by atoms with Crippen molar-refractivity contribution in [2.45, 2.75) is 31.7 Å². The van der Waals surface area contributed by atoms with Crippen LogP contribution >= 0.6 is 15.9 Å². The van der Waals surface area contributed by atoms with Crippen molar-refractivity contribution < 1.29 is 23.0 Å². The molecule has 1 unspecified atom stereocenters. The molecule has 0 aliphatic heterocycles. The molecule has 0 bridgehead atoms. The van der Waals surface area contributed by atoms with Gasteiger partial charge in [-0.3, -0.25) is 9.67 Å². The summed E-state index contributed by atoms with van der Waals surface area (Å²) in [7, 11) is 0. The van der Waals surface area contributed by atoms with Gasteiger partial charge in [0.15, 0.2) is 11.9 Å². The molecule has 0 spiro atoms. The van der Waals surface area contributed by atoms with Crippen molar-refractivity contribution in [2.24, 2.45) is 5.92 Å². The molecule has 144 valence electrons. The summed E-state index contributed by atoms with van der Waals surface area (Å²) in [4.78, 5) is 3.62. The van der Waals surface area contributed by atoms with Crippen molar-refractivity contribution >= 4 is 15.9 Å². The molecule has 1 aliphatic rings. The van der Waals surface area contributed by atoms with Gasteiger partial charge in [0.25, 0.3) is 0 Å². The minimum absolute atomic E-state index is 0.196. The lowest BCUT2D eigenvalue weighted by atomic mass is 10.2. The first-order valence-corrected chi connectivity index (χ1v) is 8.93. The van der Waals surface area contributed by atoms with E-state index in [-0.39, 0.29) is 11.5 Å². The lowest BCUT2D eigenvalue weighted by Gasteiger charge is -2.17. The normalized spacial score (nSPS) is 15.1. The molecular formula is C17H16BrF3N4O2. The van der Waals surface area contributed by atoms with Gasteiger partial charge in [-0.1, -0.05) is 5.21 Å². The number of aliphatic hydroxyl groups excluding tert-OH is 1. The second kappa shape index (κ2) is 8.22. The van der Waals surface area contributed by atoms with Crippen LogP contribution in [0.15, 0.2) is 47.3 Å². The number of alkyl halides is 3. The molecule has 10 heteroatoms. The minimum Gasteiger partial charge on any atom is -0.454 e. The van der Waals surface area contributed by atoms with E-state index >= 15 is 0 Å². The first-order chi connectivity index (χ1) is 12.8. The first-order valence-electron chi connectivity index (χ1n) is 8.14. The fraction of sp³-hybridized carbons (Fsp3) is 0.353. The monoisotopic (exact) mass is 444 g/mol. The molecule has 0 saturated heterocycles. The number of rotatable bonds is 5. The Morgan fingerprint density at radius 3 is 2.70 bits per heavy atom. The summed E-state index contributed by atoms with van der Waals surface area (Å²) in [5.74, 6) is 0.587. The molecule has 2 heterocycles. The van der Waals surface area contributed by atoms with Crippen LogP contribution in [0.2, 0.25) is 0 Å². The quantitative estimate of drug-likeness (QED) is 0.741. The van der Waals surface area contributed by atoms with Gasteiger partial charge in [-0.05, 0) is 59.0 Å². The van der Waals surface area contributed by atoms with E-state index in [0.29, 0.717) is 10.4 Å². The van der Waals surface area contributed by atoms with Crippen LogP contribution < -0.4 is 4.74 Å². The maximum Gasteiger partial charge on any atom is 0.420 e. The highest BCUT2D eigenvalue weighted by molar-refractivity contribution is 9.10. The van der Waals surface area contributed by atoms with E-state index in [1.807, 2.05) is 0 Å². The number of halogens is 4. The number of ether oxygens (including phenoxy) is 1. The van der Waals surface area contributed by atoms with E-state index in [9.17, 15) is 18.3 Å². The summed E-state index contributed by atoms with van der Waals surface area (Å²) in [6, 6.07) is 5.94. The summed E-state index contributed by atoms with van der Waals surface area (Å²) < 4.78 is 46.3. The summed E-state index contributed by atoms with van der Waals surface area (Å²) in [5, 5.41) is 17.6. The van der Waals surface area contributed by atoms with Crippen LogP contribution in [0.5, 0.6) is 11.5 Å². The molecule has 2 aromatic heterocycles. The average Bonchev–Trinajstić information content (AvgIpc) is 3.42. The van der Waals surface area contributed by atoms with Gasteiger partial charge in [-0.15, -0.1) is 5.10 Å². The largest absolute Gasteiger partial charge is 0.454 e. The molecule has 1 saturated carbocycles. The van der Waals surface area contributed by atoms with Crippen LogP contribution in [0, 0.1) is 5.92 Å². The molecular weight excluding hydrogens is 429 g/mol. The predicted molar refractivity (Wildman–Crippen MR) is 93.4 cm³/mol. The molecule has 2 aromatic rings. The highest BCUT2D eigenvalue weighted by Crippen LogP contribution is 2.38. The van der Waals surface area contributed by atoms with Crippen molar-refractivity contribution in [1.82, 2.24) is 20.0 Å². The van der Waals surface area contributed by atoms with Gasteiger partial charge in [0.05, 0.1) is 10.7 Å². The van der Waals surface area contributed by atoms with Crippen LogP contribution in [-0.4, -0.2) is 31.3 Å². The number of aromatic nitrogens is 4. The fourth-order valence-electron chi connectivity index (χ4n) is 2.26. The van der Waals surface area contributed by atoms with Crippen molar-refractivity contribution in [1.29, 1.82) is 0 Å². The van der Waals surface area contributed by atoms with Crippen LogP contribution in [-0.2, 0) is 6.54 Å². The number of pyridine rings is 1. The van der Waals surface area contributed by atoms with Crippen LogP contribution in [0.4, 0.5) is 13.2 Å². The number of aliphatic hydroxyl groups is 1. The lowest BCUT2D eigenvalue weighted by molar-refractivity contribution is -0.208. The Balaban J connectivity index is 1.92. The SMILES string of the molecule is OC(c1ncccc1Oc1cccn(CC2CC2)nncc1Br)C(F)(F)F. The lowest BCUT2D eigenvalue weighted by Crippen LogP contribution is -2.21. The summed E-state index contributed by atoms with van der Waals surface area (Å²) in [6.45, 7) is 0.750. The highest BCUT2D eigenvalue weighted by Gasteiger charge is 2.42. The van der Waals surface area contributed by atoms with E-state index in [4.69, 9.17) is 4.74 Å². The Morgan fingerprint density at radius 2 is 2.00 bits per heavy atom. The Bertz CT molecular complexity index is 854. The molecule has 3 rings (SSSR count). The summed E-state index contributed by atoms with van der Waals surface area (Å²) in [5.41, 5.74) is -0.618. The Hall–Kier alpha value is -2.20. The minimum atomic E-state index is -4.86. The highest BCUT2D eigenvalue weighted by atomic mass is 79.9. The standard InChI is InChI=1S/C17H16BrF3N4O2/c18-12-9-23-24-25(10-11-5-6-11)8-2-4-13(12)27-14-3-1-7-22-15(14)16(26)17(19,20)21/h1-4,7-9,11,16,26H,5-6,10H2. The Labute approximate surface area is 161 Å². The van der Waals surface area contributed by atoms with Crippen molar-refractivity contribution in [3.63, 3.8) is 0 Å². The second-order valence-electron chi connectivity index (χ2n) is 6.05. The first kappa shape index (κ1) is 19.6. The van der Waals surface area contributed by atoms with Crippen LogP contribution in [0.25, 0.3) is 0 Å². The third-order valence-corrected chi connectivity index (χ3v) is 4.41.